The fraction of sp³-hybridized carbons (Fsp3) is 0.375. The van der Waals surface area contributed by atoms with Gasteiger partial charge in [0.15, 0.2) is 5.79 Å². The van der Waals surface area contributed by atoms with Crippen LogP contribution in [-0.2, 0) is 4.74 Å². The number of nitrogen functional groups attached to an aromatic ring is 1. The van der Waals surface area contributed by atoms with Gasteiger partial charge in [0.25, 0.3) is 0 Å². The molecule has 2 aromatic rings. The maximum Gasteiger partial charge on any atom is 0.207 e. The number of nitrogens with two attached hydrogens (primary N) is 2. The highest BCUT2D eigenvalue weighted by Crippen LogP contribution is 2.34. The summed E-state index contributed by atoms with van der Waals surface area (Å²) in [6.07, 6.45) is 3.31. The molecule has 1 atom stereocenters. The molecule has 5 N–H and O–H groups in total. The van der Waals surface area contributed by atoms with Gasteiger partial charge in [0, 0.05) is 19.1 Å². The van der Waals surface area contributed by atoms with Crippen molar-refractivity contribution >= 4 is 18.0 Å². The fourth-order valence-corrected chi connectivity index (χ4v) is 3.25. The monoisotopic (exact) mass is 330 g/mol. The van der Waals surface area contributed by atoms with E-state index in [0.29, 0.717) is 36.4 Å². The molecule has 4 rings (SSSR count). The van der Waals surface area contributed by atoms with E-state index in [1.165, 1.54) is 12.1 Å². The molecule has 1 fully saturated rings. The molecule has 2 aliphatic heterocycles. The zero-order valence-electron chi connectivity index (χ0n) is 13.1. The Morgan fingerprint density at radius 2 is 1.96 bits per heavy atom. The first-order valence-corrected chi connectivity index (χ1v) is 7.91. The van der Waals surface area contributed by atoms with Crippen LogP contribution in [0.3, 0.4) is 0 Å². The molecule has 0 aliphatic carbocycles. The van der Waals surface area contributed by atoms with E-state index in [4.69, 9.17) is 16.2 Å². The Morgan fingerprint density at radius 1 is 1.25 bits per heavy atom. The second-order valence-corrected chi connectivity index (χ2v) is 6.11. The summed E-state index contributed by atoms with van der Waals surface area (Å²) >= 11 is 0. The normalized spacial score (nSPS) is 23.8. The number of benzene rings is 1. The first-order valence-electron chi connectivity index (χ1n) is 7.91. The van der Waals surface area contributed by atoms with E-state index in [0.717, 1.165) is 12.8 Å². The second-order valence-electron chi connectivity index (χ2n) is 6.11. The third-order valence-electron chi connectivity index (χ3n) is 4.58. The lowest BCUT2D eigenvalue weighted by Gasteiger charge is -2.39. The van der Waals surface area contributed by atoms with Crippen LogP contribution in [0, 0.1) is 11.7 Å². The van der Waals surface area contributed by atoms with Crippen LogP contribution in [0.4, 0.5) is 16.2 Å². The number of aliphatic imine (C=N–C) groups is 1. The maximum absolute atomic E-state index is 13.2. The van der Waals surface area contributed by atoms with Crippen LogP contribution in [-0.4, -0.2) is 34.8 Å². The lowest BCUT2D eigenvalue weighted by atomic mass is 9.92. The van der Waals surface area contributed by atoms with Gasteiger partial charge in [0.05, 0.1) is 11.9 Å². The number of rotatable bonds is 2. The number of aromatic nitrogens is 2. The Kier molecular flexibility index (Phi) is 3.50. The molecule has 1 saturated heterocycles. The Hall–Kier alpha value is -2.45. The average Bonchev–Trinajstić information content (AvgIpc) is 2.91. The fourth-order valence-electron chi connectivity index (χ4n) is 3.25. The first-order chi connectivity index (χ1) is 11.6. The van der Waals surface area contributed by atoms with Gasteiger partial charge in [-0.25, -0.2) is 14.4 Å². The predicted molar refractivity (Wildman–Crippen MR) is 89.6 cm³/mol. The van der Waals surface area contributed by atoms with Crippen molar-refractivity contribution in [3.05, 3.63) is 35.8 Å². The molecule has 0 spiro atoms. The van der Waals surface area contributed by atoms with Crippen molar-refractivity contribution in [3.8, 4) is 5.69 Å². The summed E-state index contributed by atoms with van der Waals surface area (Å²) in [5.41, 5.74) is 13.9. The topological polar surface area (TPSA) is 103 Å². The standard InChI is InChI=1S/C16H19FN6O/c17-11-1-3-12(4-2-11)23-14-13(21-15(23)18)9-20-16(19,22-14)10-5-7-24-8-6-10/h1-4,9-10,22H,5-8,19H2,(H2,18,21). The van der Waals surface area contributed by atoms with E-state index < -0.39 is 5.79 Å². The maximum atomic E-state index is 13.2. The van der Waals surface area contributed by atoms with Crippen LogP contribution in [0.2, 0.25) is 0 Å². The van der Waals surface area contributed by atoms with Gasteiger partial charge in [0.2, 0.25) is 5.95 Å². The highest BCUT2D eigenvalue weighted by Gasteiger charge is 2.39. The smallest absolute Gasteiger partial charge is 0.207 e. The van der Waals surface area contributed by atoms with Crippen LogP contribution in [0.1, 0.15) is 18.5 Å². The van der Waals surface area contributed by atoms with E-state index in [1.807, 2.05) is 0 Å². The van der Waals surface area contributed by atoms with E-state index in [2.05, 4.69) is 15.3 Å². The molecule has 3 heterocycles. The molecule has 1 unspecified atom stereocenters. The largest absolute Gasteiger partial charge is 0.381 e. The molecule has 0 bridgehead atoms. The lowest BCUT2D eigenvalue weighted by molar-refractivity contribution is 0.0452. The van der Waals surface area contributed by atoms with Gasteiger partial charge in [0.1, 0.15) is 17.3 Å². The first kappa shape index (κ1) is 15.1. The zero-order valence-corrected chi connectivity index (χ0v) is 13.1. The molecule has 0 radical (unpaired) electrons. The molecule has 1 aromatic heterocycles. The Labute approximate surface area is 138 Å². The molecular weight excluding hydrogens is 311 g/mol. The predicted octanol–water partition coefficient (Wildman–Crippen LogP) is 1.48. The third kappa shape index (κ3) is 2.44. The number of ether oxygens (including phenoxy) is 1. The summed E-state index contributed by atoms with van der Waals surface area (Å²) < 4.78 is 20.3. The molecule has 2 aliphatic rings. The minimum absolute atomic E-state index is 0.147. The zero-order chi connectivity index (χ0) is 16.7. The van der Waals surface area contributed by atoms with Crippen LogP contribution >= 0.6 is 0 Å². The van der Waals surface area contributed by atoms with Crippen molar-refractivity contribution in [2.75, 3.05) is 24.3 Å². The van der Waals surface area contributed by atoms with Crippen molar-refractivity contribution < 1.29 is 9.13 Å². The van der Waals surface area contributed by atoms with E-state index >= 15 is 0 Å². The molecule has 24 heavy (non-hydrogen) atoms. The highest BCUT2D eigenvalue weighted by molar-refractivity contribution is 5.88. The van der Waals surface area contributed by atoms with E-state index in [9.17, 15) is 4.39 Å². The summed E-state index contributed by atoms with van der Waals surface area (Å²) in [7, 11) is 0. The molecule has 0 amide bonds. The molecular formula is C16H19FN6O. The number of hydrogen-bond donors (Lipinski definition) is 3. The number of nitrogens with zero attached hydrogens (tertiary/aromatic N) is 3. The molecule has 7 nitrogen and oxygen atoms in total. The number of imidazole rings is 1. The minimum atomic E-state index is -0.930. The summed E-state index contributed by atoms with van der Waals surface area (Å²) in [5.74, 6) is -0.129. The Bertz CT molecular complexity index is 781. The summed E-state index contributed by atoms with van der Waals surface area (Å²) in [6.45, 7) is 1.35. The van der Waals surface area contributed by atoms with Gasteiger partial charge in [-0.2, -0.15) is 0 Å². The number of nitrogens with one attached hydrogen (secondary N) is 1. The van der Waals surface area contributed by atoms with E-state index in [1.54, 1.807) is 22.9 Å². The number of halogens is 1. The lowest BCUT2D eigenvalue weighted by Crippen LogP contribution is -2.55. The van der Waals surface area contributed by atoms with Crippen LogP contribution in [0.5, 0.6) is 0 Å². The van der Waals surface area contributed by atoms with Crippen molar-refractivity contribution in [3.63, 3.8) is 0 Å². The van der Waals surface area contributed by atoms with Gasteiger partial charge in [-0.1, -0.05) is 0 Å². The Morgan fingerprint density at radius 3 is 2.67 bits per heavy atom. The SMILES string of the molecule is Nc1nc2c(n1-c1ccc(F)cc1)NC(N)(C1CCOCC1)N=C2. The summed E-state index contributed by atoms with van der Waals surface area (Å²) in [5, 5.41) is 3.30. The quantitative estimate of drug-likeness (QED) is 0.774. The Balaban J connectivity index is 1.73. The molecule has 1 aromatic carbocycles. The number of anilines is 2. The minimum Gasteiger partial charge on any atom is -0.381 e. The molecule has 8 heteroatoms. The summed E-state index contributed by atoms with van der Waals surface area (Å²) in [6, 6.07) is 6.06. The molecule has 126 valence electrons. The van der Waals surface area contributed by atoms with Crippen LogP contribution in [0.15, 0.2) is 29.3 Å². The van der Waals surface area contributed by atoms with Crippen LogP contribution < -0.4 is 16.8 Å². The van der Waals surface area contributed by atoms with Crippen LogP contribution in [0.25, 0.3) is 5.69 Å². The molecule has 0 saturated carbocycles. The summed E-state index contributed by atoms with van der Waals surface area (Å²) in [4.78, 5) is 8.80. The average molecular weight is 330 g/mol. The highest BCUT2D eigenvalue weighted by atomic mass is 19.1. The van der Waals surface area contributed by atoms with Gasteiger partial charge in [-0.05, 0) is 37.1 Å². The van der Waals surface area contributed by atoms with Crippen molar-refractivity contribution in [1.29, 1.82) is 0 Å². The van der Waals surface area contributed by atoms with E-state index in [-0.39, 0.29) is 11.7 Å². The second kappa shape index (κ2) is 5.57. The van der Waals surface area contributed by atoms with Crippen molar-refractivity contribution in [1.82, 2.24) is 9.55 Å². The number of hydrogen-bond acceptors (Lipinski definition) is 6. The van der Waals surface area contributed by atoms with Gasteiger partial charge in [-0.15, -0.1) is 0 Å². The number of fused-ring (bicyclic) bond motifs is 1. The third-order valence-corrected chi connectivity index (χ3v) is 4.58. The van der Waals surface area contributed by atoms with Gasteiger partial charge in [-0.3, -0.25) is 10.3 Å². The van der Waals surface area contributed by atoms with Gasteiger partial charge >= 0.3 is 0 Å². The van der Waals surface area contributed by atoms with Crippen molar-refractivity contribution in [2.45, 2.75) is 18.6 Å². The van der Waals surface area contributed by atoms with Gasteiger partial charge < -0.3 is 15.8 Å². The van der Waals surface area contributed by atoms with Crippen molar-refractivity contribution in [2.24, 2.45) is 16.6 Å².